The van der Waals surface area contributed by atoms with Crippen LogP contribution in [-0.4, -0.2) is 53.8 Å². The first-order chi connectivity index (χ1) is 12.1. The largest absolute Gasteiger partial charge is 0.481 e. The lowest BCUT2D eigenvalue weighted by atomic mass is 10.3. The summed E-state index contributed by atoms with van der Waals surface area (Å²) >= 11 is 0. The van der Waals surface area contributed by atoms with Gasteiger partial charge in [-0.05, 0) is 37.6 Å². The molecule has 3 rings (SSSR count). The first kappa shape index (κ1) is 17.1. The van der Waals surface area contributed by atoms with E-state index >= 15 is 0 Å². The van der Waals surface area contributed by atoms with Crippen LogP contribution in [0.1, 0.15) is 12.1 Å². The molecule has 0 N–H and O–H groups in total. The van der Waals surface area contributed by atoms with Crippen molar-refractivity contribution in [3.05, 3.63) is 47.9 Å². The summed E-state index contributed by atoms with van der Waals surface area (Å²) in [6.45, 7) is 4.46. The van der Waals surface area contributed by atoms with Crippen LogP contribution in [0.3, 0.4) is 0 Å². The molecule has 1 aromatic heterocycles. The van der Waals surface area contributed by atoms with Crippen molar-refractivity contribution >= 4 is 11.7 Å². The zero-order chi connectivity index (χ0) is 17.6. The van der Waals surface area contributed by atoms with Crippen molar-refractivity contribution in [2.24, 2.45) is 0 Å². The highest BCUT2D eigenvalue weighted by molar-refractivity contribution is 5.77. The van der Waals surface area contributed by atoms with Crippen LogP contribution >= 0.6 is 0 Å². The smallest absolute Gasteiger partial charge is 0.260 e. The van der Waals surface area contributed by atoms with Gasteiger partial charge in [-0.1, -0.05) is 12.1 Å². The highest BCUT2D eigenvalue weighted by Gasteiger charge is 2.20. The number of anilines is 1. The molecule has 0 spiro atoms. The number of para-hydroxylation sites is 1. The Hall–Kier alpha value is -2.70. The van der Waals surface area contributed by atoms with Crippen LogP contribution in [0.25, 0.3) is 0 Å². The van der Waals surface area contributed by atoms with Gasteiger partial charge in [0.25, 0.3) is 5.91 Å². The van der Waals surface area contributed by atoms with E-state index in [1.165, 1.54) is 12.1 Å². The minimum Gasteiger partial charge on any atom is -0.481 e. The number of ether oxygens (including phenoxy) is 1. The maximum atomic E-state index is 13.5. The predicted molar refractivity (Wildman–Crippen MR) is 92.1 cm³/mol. The normalized spacial score (nSPS) is 15.0. The molecule has 25 heavy (non-hydrogen) atoms. The monoisotopic (exact) mass is 344 g/mol. The molecular formula is C18H21FN4O2. The summed E-state index contributed by atoms with van der Waals surface area (Å²) in [4.78, 5) is 16.2. The second-order valence-corrected chi connectivity index (χ2v) is 5.97. The standard InChI is InChI=1S/C18H21FN4O2/c1-14-7-8-17(21-20-14)22-9-4-10-23(12-11-22)18(24)13-25-16-6-3-2-5-15(16)19/h2-3,5-8H,4,9-13H2,1H3. The number of aryl methyl sites for hydroxylation is 1. The Bertz CT molecular complexity index is 723. The number of carbonyl (C=O) groups is 1. The molecule has 0 atom stereocenters. The number of aromatic nitrogens is 2. The number of rotatable bonds is 4. The number of hydrogen-bond acceptors (Lipinski definition) is 5. The molecule has 7 heteroatoms. The van der Waals surface area contributed by atoms with Crippen LogP contribution in [0.4, 0.5) is 10.2 Å². The SMILES string of the molecule is Cc1ccc(N2CCCN(C(=O)COc3ccccc3F)CC2)nn1. The number of benzene rings is 1. The predicted octanol–water partition coefficient (Wildman–Crippen LogP) is 2.04. The minimum atomic E-state index is -0.463. The number of nitrogens with zero attached hydrogens (tertiary/aromatic N) is 4. The van der Waals surface area contributed by atoms with Gasteiger partial charge in [-0.25, -0.2) is 4.39 Å². The Labute approximate surface area is 146 Å². The van der Waals surface area contributed by atoms with Crippen molar-refractivity contribution < 1.29 is 13.9 Å². The molecule has 1 saturated heterocycles. The maximum Gasteiger partial charge on any atom is 0.260 e. The highest BCUT2D eigenvalue weighted by atomic mass is 19.1. The summed E-state index contributed by atoms with van der Waals surface area (Å²) in [5, 5.41) is 8.29. The van der Waals surface area contributed by atoms with Gasteiger partial charge in [0.15, 0.2) is 24.0 Å². The van der Waals surface area contributed by atoms with Crippen LogP contribution in [0.2, 0.25) is 0 Å². The highest BCUT2D eigenvalue weighted by Crippen LogP contribution is 2.16. The van der Waals surface area contributed by atoms with Gasteiger partial charge in [-0.3, -0.25) is 4.79 Å². The molecular weight excluding hydrogens is 323 g/mol. The van der Waals surface area contributed by atoms with E-state index in [2.05, 4.69) is 15.1 Å². The van der Waals surface area contributed by atoms with Gasteiger partial charge in [0, 0.05) is 26.2 Å². The summed E-state index contributed by atoms with van der Waals surface area (Å²) in [6, 6.07) is 9.96. The van der Waals surface area contributed by atoms with Gasteiger partial charge in [0.2, 0.25) is 0 Å². The van der Waals surface area contributed by atoms with Crippen LogP contribution in [0.15, 0.2) is 36.4 Å². The molecule has 0 aliphatic carbocycles. The average molecular weight is 344 g/mol. The van der Waals surface area contributed by atoms with Crippen LogP contribution in [0, 0.1) is 12.7 Å². The van der Waals surface area contributed by atoms with E-state index in [-0.39, 0.29) is 18.3 Å². The van der Waals surface area contributed by atoms with E-state index in [0.717, 1.165) is 24.5 Å². The molecule has 1 aromatic carbocycles. The first-order valence-corrected chi connectivity index (χ1v) is 8.34. The van der Waals surface area contributed by atoms with Crippen molar-refractivity contribution in [3.8, 4) is 5.75 Å². The molecule has 0 bridgehead atoms. The molecule has 1 aliphatic rings. The van der Waals surface area contributed by atoms with Gasteiger partial charge >= 0.3 is 0 Å². The zero-order valence-electron chi connectivity index (χ0n) is 14.2. The number of hydrogen-bond donors (Lipinski definition) is 0. The van der Waals surface area contributed by atoms with E-state index < -0.39 is 5.82 Å². The Kier molecular flexibility index (Phi) is 5.42. The third-order valence-electron chi connectivity index (χ3n) is 4.14. The maximum absolute atomic E-state index is 13.5. The summed E-state index contributed by atoms with van der Waals surface area (Å²) in [5.74, 6) is 0.320. The molecule has 0 radical (unpaired) electrons. The number of halogens is 1. The third-order valence-corrected chi connectivity index (χ3v) is 4.14. The van der Waals surface area contributed by atoms with Gasteiger partial charge in [-0.2, -0.15) is 5.10 Å². The molecule has 1 amide bonds. The number of carbonyl (C=O) groups excluding carboxylic acids is 1. The summed E-state index contributed by atoms with van der Waals surface area (Å²) < 4.78 is 18.9. The number of amides is 1. The topological polar surface area (TPSA) is 58.6 Å². The summed E-state index contributed by atoms with van der Waals surface area (Å²) in [5.41, 5.74) is 0.876. The van der Waals surface area contributed by atoms with Crippen molar-refractivity contribution in [1.82, 2.24) is 15.1 Å². The third kappa shape index (κ3) is 4.43. The summed E-state index contributed by atoms with van der Waals surface area (Å²) in [6.07, 6.45) is 0.834. The fourth-order valence-electron chi connectivity index (χ4n) is 2.75. The molecule has 6 nitrogen and oxygen atoms in total. The van der Waals surface area contributed by atoms with Crippen molar-refractivity contribution in [2.45, 2.75) is 13.3 Å². The van der Waals surface area contributed by atoms with Gasteiger partial charge in [-0.15, -0.1) is 5.10 Å². The molecule has 132 valence electrons. The Balaban J connectivity index is 1.54. The van der Waals surface area contributed by atoms with Crippen molar-refractivity contribution in [1.29, 1.82) is 0 Å². The van der Waals surface area contributed by atoms with Crippen LogP contribution in [0.5, 0.6) is 5.75 Å². The molecule has 0 saturated carbocycles. The molecule has 1 fully saturated rings. The molecule has 1 aliphatic heterocycles. The van der Waals surface area contributed by atoms with Crippen LogP contribution in [-0.2, 0) is 4.79 Å². The van der Waals surface area contributed by atoms with Gasteiger partial charge in [0.1, 0.15) is 0 Å². The molecule has 2 heterocycles. The fraction of sp³-hybridized carbons (Fsp3) is 0.389. The van der Waals surface area contributed by atoms with Crippen LogP contribution < -0.4 is 9.64 Å². The second-order valence-electron chi connectivity index (χ2n) is 5.97. The fourth-order valence-corrected chi connectivity index (χ4v) is 2.75. The Morgan fingerprint density at radius 1 is 1.12 bits per heavy atom. The lowest BCUT2D eigenvalue weighted by Gasteiger charge is -2.22. The first-order valence-electron chi connectivity index (χ1n) is 8.34. The quantitative estimate of drug-likeness (QED) is 0.850. The lowest BCUT2D eigenvalue weighted by molar-refractivity contribution is -0.133. The van der Waals surface area contributed by atoms with Crippen molar-refractivity contribution in [2.75, 3.05) is 37.7 Å². The van der Waals surface area contributed by atoms with E-state index in [4.69, 9.17) is 4.74 Å². The van der Waals surface area contributed by atoms with Crippen molar-refractivity contribution in [3.63, 3.8) is 0 Å². The zero-order valence-corrected chi connectivity index (χ0v) is 14.2. The van der Waals surface area contributed by atoms with Gasteiger partial charge < -0.3 is 14.5 Å². The molecule has 2 aromatic rings. The van der Waals surface area contributed by atoms with E-state index in [9.17, 15) is 9.18 Å². The Morgan fingerprint density at radius 3 is 2.72 bits per heavy atom. The second kappa shape index (κ2) is 7.92. The van der Waals surface area contributed by atoms with E-state index in [1.807, 2.05) is 19.1 Å². The summed E-state index contributed by atoms with van der Waals surface area (Å²) in [7, 11) is 0. The Morgan fingerprint density at radius 2 is 1.96 bits per heavy atom. The minimum absolute atomic E-state index is 0.0993. The molecule has 0 unspecified atom stereocenters. The average Bonchev–Trinajstić information content (AvgIpc) is 2.88. The van der Waals surface area contributed by atoms with E-state index in [0.29, 0.717) is 19.6 Å². The van der Waals surface area contributed by atoms with Gasteiger partial charge in [0.05, 0.1) is 5.69 Å². The van der Waals surface area contributed by atoms with E-state index in [1.54, 1.807) is 17.0 Å². The lowest BCUT2D eigenvalue weighted by Crippen LogP contribution is -2.38.